The molecule has 0 bridgehead atoms. The molecule has 1 aliphatic rings. The summed E-state index contributed by atoms with van der Waals surface area (Å²) in [6.07, 6.45) is 0.883. The largest absolute Gasteiger partial charge is 0.376 e. The quantitative estimate of drug-likeness (QED) is 0.892. The van der Waals surface area contributed by atoms with Crippen LogP contribution in [0.4, 0.5) is 4.39 Å². The van der Waals surface area contributed by atoms with Crippen LogP contribution in [0.15, 0.2) is 24.3 Å². The summed E-state index contributed by atoms with van der Waals surface area (Å²) in [5.74, 6) is -0.767. The second-order valence-corrected chi connectivity index (χ2v) is 4.69. The van der Waals surface area contributed by atoms with E-state index >= 15 is 0 Å². The van der Waals surface area contributed by atoms with Crippen molar-refractivity contribution >= 4 is 5.91 Å². The average Bonchev–Trinajstić information content (AvgIpc) is 2.45. The number of carbonyl (C=O) groups is 1. The molecule has 104 valence electrons. The van der Waals surface area contributed by atoms with E-state index in [1.165, 1.54) is 17.0 Å². The second kappa shape index (κ2) is 6.63. The van der Waals surface area contributed by atoms with Crippen LogP contribution in [0.1, 0.15) is 16.8 Å². The number of morpholine rings is 1. The van der Waals surface area contributed by atoms with E-state index < -0.39 is 5.82 Å². The number of hydrogen-bond donors (Lipinski definition) is 1. The molecule has 2 rings (SSSR count). The molecule has 0 radical (unpaired) electrons. The minimum absolute atomic E-state index is 0.118. The molecule has 5 heteroatoms. The van der Waals surface area contributed by atoms with Gasteiger partial charge in [0.2, 0.25) is 0 Å². The van der Waals surface area contributed by atoms with Crippen molar-refractivity contribution in [2.45, 2.75) is 12.5 Å². The third-order valence-corrected chi connectivity index (χ3v) is 3.24. The molecule has 4 nitrogen and oxygen atoms in total. The molecular weight excluding hydrogens is 247 g/mol. The first kappa shape index (κ1) is 14.0. The Morgan fingerprint density at radius 1 is 1.53 bits per heavy atom. The number of benzene rings is 1. The first-order chi connectivity index (χ1) is 9.18. The first-order valence-electron chi connectivity index (χ1n) is 6.51. The number of hydrogen-bond acceptors (Lipinski definition) is 3. The highest BCUT2D eigenvalue weighted by Gasteiger charge is 2.18. The number of rotatable bonds is 4. The zero-order chi connectivity index (χ0) is 13.7. The van der Waals surface area contributed by atoms with Gasteiger partial charge in [-0.2, -0.15) is 0 Å². The van der Waals surface area contributed by atoms with E-state index in [2.05, 4.69) is 5.32 Å². The Labute approximate surface area is 112 Å². The third kappa shape index (κ3) is 3.75. The highest BCUT2D eigenvalue weighted by atomic mass is 19.1. The van der Waals surface area contributed by atoms with Gasteiger partial charge in [0.15, 0.2) is 0 Å². The molecule has 19 heavy (non-hydrogen) atoms. The summed E-state index contributed by atoms with van der Waals surface area (Å²) in [6, 6.07) is 6.05. The lowest BCUT2D eigenvalue weighted by Crippen LogP contribution is -2.40. The number of nitrogens with zero attached hydrogens (tertiary/aromatic N) is 1. The summed E-state index contributed by atoms with van der Waals surface area (Å²) in [7, 11) is 1.69. The lowest BCUT2D eigenvalue weighted by Gasteiger charge is -2.26. The van der Waals surface area contributed by atoms with Crippen LogP contribution >= 0.6 is 0 Å². The normalized spacial score (nSPS) is 19.2. The molecule has 1 unspecified atom stereocenters. The maximum atomic E-state index is 13.5. The molecule has 1 aromatic carbocycles. The van der Waals surface area contributed by atoms with Crippen LogP contribution in [0.3, 0.4) is 0 Å². The molecule has 0 aromatic heterocycles. The van der Waals surface area contributed by atoms with Gasteiger partial charge in [0.05, 0.1) is 18.3 Å². The van der Waals surface area contributed by atoms with E-state index in [1.807, 2.05) is 0 Å². The molecule has 1 saturated heterocycles. The van der Waals surface area contributed by atoms with Crippen LogP contribution in [-0.4, -0.2) is 50.2 Å². The van der Waals surface area contributed by atoms with E-state index in [1.54, 1.807) is 19.2 Å². The minimum Gasteiger partial charge on any atom is -0.376 e. The monoisotopic (exact) mass is 266 g/mol. The molecule has 1 aliphatic heterocycles. The van der Waals surface area contributed by atoms with Crippen molar-refractivity contribution in [2.75, 3.05) is 33.3 Å². The summed E-state index contributed by atoms with van der Waals surface area (Å²) in [4.78, 5) is 13.6. The van der Waals surface area contributed by atoms with Crippen LogP contribution in [0.5, 0.6) is 0 Å². The summed E-state index contributed by atoms with van der Waals surface area (Å²) in [6.45, 7) is 2.94. The van der Waals surface area contributed by atoms with Crippen LogP contribution in [-0.2, 0) is 4.74 Å². The standard InChI is InChI=1S/C14H19FN2O2/c1-17(8-6-11-10-16-7-9-19-11)14(18)12-4-2-3-5-13(12)15/h2-5,11,16H,6-10H2,1H3. The first-order valence-corrected chi connectivity index (χ1v) is 6.51. The lowest BCUT2D eigenvalue weighted by atomic mass is 10.1. The molecular formula is C14H19FN2O2. The Hall–Kier alpha value is -1.46. The maximum Gasteiger partial charge on any atom is 0.256 e. The van der Waals surface area contributed by atoms with Gasteiger partial charge in [-0.1, -0.05) is 12.1 Å². The molecule has 1 N–H and O–H groups in total. The predicted octanol–water partition coefficient (Wildman–Crippen LogP) is 1.28. The Morgan fingerprint density at radius 3 is 3.00 bits per heavy atom. The van der Waals surface area contributed by atoms with Gasteiger partial charge in [0.1, 0.15) is 5.82 Å². The summed E-state index contributed by atoms with van der Waals surface area (Å²) < 4.78 is 19.1. The summed E-state index contributed by atoms with van der Waals surface area (Å²) >= 11 is 0. The SMILES string of the molecule is CN(CCC1CNCCO1)C(=O)c1ccccc1F. The van der Waals surface area contributed by atoms with Crippen LogP contribution in [0.2, 0.25) is 0 Å². The number of amides is 1. The highest BCUT2D eigenvalue weighted by Crippen LogP contribution is 2.10. The van der Waals surface area contributed by atoms with E-state index in [4.69, 9.17) is 4.74 Å². The number of halogens is 1. The fourth-order valence-corrected chi connectivity index (χ4v) is 2.08. The van der Waals surface area contributed by atoms with Gasteiger partial charge in [-0.25, -0.2) is 4.39 Å². The van der Waals surface area contributed by atoms with Gasteiger partial charge in [0, 0.05) is 26.7 Å². The molecule has 0 saturated carbocycles. The summed E-state index contributed by atoms with van der Waals surface area (Å²) in [5.41, 5.74) is 0.118. The summed E-state index contributed by atoms with van der Waals surface area (Å²) in [5, 5.41) is 3.24. The van der Waals surface area contributed by atoms with Gasteiger partial charge >= 0.3 is 0 Å². The Balaban J connectivity index is 1.87. The van der Waals surface area contributed by atoms with E-state index in [-0.39, 0.29) is 17.6 Å². The molecule has 1 amide bonds. The van der Waals surface area contributed by atoms with Gasteiger partial charge in [-0.05, 0) is 18.6 Å². The fraction of sp³-hybridized carbons (Fsp3) is 0.500. The lowest BCUT2D eigenvalue weighted by molar-refractivity contribution is 0.0187. The molecule has 1 fully saturated rings. The van der Waals surface area contributed by atoms with Crippen molar-refractivity contribution in [3.05, 3.63) is 35.6 Å². The van der Waals surface area contributed by atoms with E-state index in [0.717, 1.165) is 19.5 Å². The molecule has 0 aliphatic carbocycles. The Morgan fingerprint density at radius 2 is 2.32 bits per heavy atom. The number of ether oxygens (including phenoxy) is 1. The second-order valence-electron chi connectivity index (χ2n) is 4.69. The van der Waals surface area contributed by atoms with Crippen LogP contribution < -0.4 is 5.32 Å². The van der Waals surface area contributed by atoms with Crippen molar-refractivity contribution in [3.8, 4) is 0 Å². The van der Waals surface area contributed by atoms with Gasteiger partial charge in [-0.15, -0.1) is 0 Å². The van der Waals surface area contributed by atoms with Gasteiger partial charge < -0.3 is 15.0 Å². The topological polar surface area (TPSA) is 41.6 Å². The zero-order valence-corrected chi connectivity index (χ0v) is 11.1. The van der Waals surface area contributed by atoms with Crippen molar-refractivity contribution in [1.29, 1.82) is 0 Å². The van der Waals surface area contributed by atoms with Crippen molar-refractivity contribution in [3.63, 3.8) is 0 Å². The predicted molar refractivity (Wildman–Crippen MR) is 70.6 cm³/mol. The molecule has 1 heterocycles. The maximum absolute atomic E-state index is 13.5. The Kier molecular flexibility index (Phi) is 4.87. The zero-order valence-electron chi connectivity index (χ0n) is 11.1. The molecule has 1 aromatic rings. The van der Waals surface area contributed by atoms with Crippen molar-refractivity contribution < 1.29 is 13.9 Å². The van der Waals surface area contributed by atoms with Crippen molar-refractivity contribution in [1.82, 2.24) is 10.2 Å². The fourth-order valence-electron chi connectivity index (χ4n) is 2.08. The minimum atomic E-state index is -0.477. The van der Waals surface area contributed by atoms with Gasteiger partial charge in [-0.3, -0.25) is 4.79 Å². The number of carbonyl (C=O) groups excluding carboxylic acids is 1. The molecule has 0 spiro atoms. The smallest absolute Gasteiger partial charge is 0.256 e. The Bertz CT molecular complexity index is 433. The van der Waals surface area contributed by atoms with Gasteiger partial charge in [0.25, 0.3) is 5.91 Å². The third-order valence-electron chi connectivity index (χ3n) is 3.24. The number of nitrogens with one attached hydrogen (secondary N) is 1. The van der Waals surface area contributed by atoms with Crippen LogP contribution in [0.25, 0.3) is 0 Å². The van der Waals surface area contributed by atoms with Crippen LogP contribution in [0, 0.1) is 5.82 Å². The average molecular weight is 266 g/mol. The molecule has 1 atom stereocenters. The highest BCUT2D eigenvalue weighted by molar-refractivity contribution is 5.94. The van der Waals surface area contributed by atoms with E-state index in [0.29, 0.717) is 13.2 Å². The van der Waals surface area contributed by atoms with Crippen molar-refractivity contribution in [2.24, 2.45) is 0 Å². The van der Waals surface area contributed by atoms with E-state index in [9.17, 15) is 9.18 Å².